The van der Waals surface area contributed by atoms with E-state index >= 15 is 0 Å². The minimum absolute atomic E-state index is 0.709. The molecule has 0 atom stereocenters. The molecular formula is C37H25N5S. The minimum Gasteiger partial charge on any atom is -0.247 e. The van der Waals surface area contributed by atoms with E-state index in [1.165, 1.54) is 22.9 Å². The fraction of sp³-hybridized carbons (Fsp3) is 0.0541. The molecule has 0 aliphatic carbocycles. The molecule has 43 heavy (non-hydrogen) atoms. The molecule has 204 valence electrons. The summed E-state index contributed by atoms with van der Waals surface area (Å²) in [4.78, 5) is 15.1. The van der Waals surface area contributed by atoms with Crippen molar-refractivity contribution >= 4 is 44.4 Å². The maximum absolute atomic E-state index is 5.12. The van der Waals surface area contributed by atoms with E-state index < -0.39 is 0 Å². The average Bonchev–Trinajstić information content (AvgIpc) is 3.54. The summed E-state index contributed by atoms with van der Waals surface area (Å²) in [5, 5.41) is 3.25. The van der Waals surface area contributed by atoms with Gasteiger partial charge in [-0.1, -0.05) is 102 Å². The summed E-state index contributed by atoms with van der Waals surface area (Å²) in [5.74, 6) is 0.709. The Morgan fingerprint density at radius 3 is 1.79 bits per heavy atom. The summed E-state index contributed by atoms with van der Waals surface area (Å²) in [6, 6.07) is 39.8. The van der Waals surface area contributed by atoms with Gasteiger partial charge in [0.1, 0.15) is 11.0 Å². The molecule has 0 spiro atoms. The lowest BCUT2D eigenvalue weighted by Crippen LogP contribution is -1.96. The maximum atomic E-state index is 5.12. The lowest BCUT2D eigenvalue weighted by atomic mass is 9.97. The number of rotatable bonds is 4. The summed E-state index contributed by atoms with van der Waals surface area (Å²) < 4.78 is 9.14. The van der Waals surface area contributed by atoms with E-state index in [4.69, 9.17) is 15.0 Å². The molecule has 0 aliphatic rings. The summed E-state index contributed by atoms with van der Waals surface area (Å²) in [6.45, 7) is 4.18. The summed E-state index contributed by atoms with van der Waals surface area (Å²) in [5.41, 5.74) is 12.0. The first-order valence-corrected chi connectivity index (χ1v) is 14.9. The number of para-hydroxylation sites is 1. The topological polar surface area (TPSA) is 64.5 Å². The summed E-state index contributed by atoms with van der Waals surface area (Å²) in [6.07, 6.45) is 0. The van der Waals surface area contributed by atoms with E-state index in [2.05, 4.69) is 120 Å². The number of hydrogen-bond acceptors (Lipinski definition) is 6. The molecular weight excluding hydrogens is 547 g/mol. The Kier molecular flexibility index (Phi) is 6.02. The molecule has 3 aromatic heterocycles. The normalized spacial score (nSPS) is 11.5. The number of nitrogens with zero attached hydrogens (tertiary/aromatic N) is 5. The molecule has 0 saturated heterocycles. The molecule has 0 saturated carbocycles. The zero-order valence-electron chi connectivity index (χ0n) is 23.6. The van der Waals surface area contributed by atoms with Crippen molar-refractivity contribution < 1.29 is 0 Å². The highest BCUT2D eigenvalue weighted by Crippen LogP contribution is 2.37. The van der Waals surface area contributed by atoms with Crippen molar-refractivity contribution in [2.75, 3.05) is 0 Å². The molecule has 8 rings (SSSR count). The third-order valence-electron chi connectivity index (χ3n) is 7.93. The van der Waals surface area contributed by atoms with Crippen LogP contribution < -0.4 is 0 Å². The van der Waals surface area contributed by atoms with E-state index in [-0.39, 0.29) is 0 Å². The van der Waals surface area contributed by atoms with Crippen LogP contribution >= 0.6 is 11.7 Å². The smallest absolute Gasteiger partial charge is 0.160 e. The molecule has 0 amide bonds. The number of aryl methyl sites for hydroxylation is 2. The lowest BCUT2D eigenvalue weighted by Gasteiger charge is -2.12. The highest BCUT2D eigenvalue weighted by Gasteiger charge is 2.16. The van der Waals surface area contributed by atoms with Crippen LogP contribution in [0, 0.1) is 13.8 Å². The first-order valence-electron chi connectivity index (χ1n) is 14.2. The van der Waals surface area contributed by atoms with Gasteiger partial charge in [0.25, 0.3) is 0 Å². The Morgan fingerprint density at radius 2 is 1.09 bits per heavy atom. The van der Waals surface area contributed by atoms with Gasteiger partial charge in [-0.15, -0.1) is 0 Å². The lowest BCUT2D eigenvalue weighted by molar-refractivity contribution is 1.18. The van der Waals surface area contributed by atoms with E-state index in [9.17, 15) is 0 Å². The molecule has 0 unspecified atom stereocenters. The Balaban J connectivity index is 1.27. The minimum atomic E-state index is 0.709. The van der Waals surface area contributed by atoms with Crippen molar-refractivity contribution in [1.82, 2.24) is 23.7 Å². The van der Waals surface area contributed by atoms with Crippen molar-refractivity contribution in [3.8, 4) is 45.2 Å². The van der Waals surface area contributed by atoms with Crippen molar-refractivity contribution in [2.45, 2.75) is 13.8 Å². The molecule has 0 N–H and O–H groups in total. The van der Waals surface area contributed by atoms with Crippen LogP contribution in [0.15, 0.2) is 115 Å². The number of pyridine rings is 1. The molecule has 6 heteroatoms. The SMILES string of the molecule is Cc1ccc(-c2cc(-c3ccc(-c4nc5ccccc5c5c4ccc4nsnc45)cc3)nc(-c3ccc(C)cc3)n2)cc1. The standard InChI is InChI=1S/C37H25N5S/c1-22-7-11-24(12-8-22)32-21-33(40-37(39-32)27-13-9-23(2)10-14-27)25-15-17-26(18-16-25)35-29-19-20-31-36(42-43-41-31)34(29)28-5-3-4-6-30(28)38-35/h3-21H,1-2H3. The third kappa shape index (κ3) is 4.53. The summed E-state index contributed by atoms with van der Waals surface area (Å²) in [7, 11) is 0. The summed E-state index contributed by atoms with van der Waals surface area (Å²) >= 11 is 1.25. The van der Waals surface area contributed by atoms with Crippen LogP contribution in [0.2, 0.25) is 0 Å². The Labute approximate surface area is 252 Å². The van der Waals surface area contributed by atoms with Crippen molar-refractivity contribution in [3.63, 3.8) is 0 Å². The number of aromatic nitrogens is 5. The van der Waals surface area contributed by atoms with Gasteiger partial charge < -0.3 is 0 Å². The van der Waals surface area contributed by atoms with Crippen molar-refractivity contribution in [1.29, 1.82) is 0 Å². The average molecular weight is 572 g/mol. The maximum Gasteiger partial charge on any atom is 0.160 e. The molecule has 3 heterocycles. The Bertz CT molecular complexity index is 2220. The van der Waals surface area contributed by atoms with Crippen LogP contribution in [0.1, 0.15) is 11.1 Å². The van der Waals surface area contributed by atoms with E-state index in [1.54, 1.807) is 0 Å². The largest absolute Gasteiger partial charge is 0.247 e. The van der Waals surface area contributed by atoms with Gasteiger partial charge in [-0.05, 0) is 38.1 Å². The zero-order chi connectivity index (χ0) is 28.9. The second kappa shape index (κ2) is 10.2. The van der Waals surface area contributed by atoms with Gasteiger partial charge >= 0.3 is 0 Å². The monoisotopic (exact) mass is 571 g/mol. The van der Waals surface area contributed by atoms with Gasteiger partial charge in [-0.2, -0.15) is 8.75 Å². The van der Waals surface area contributed by atoms with Crippen molar-refractivity contribution in [3.05, 3.63) is 126 Å². The number of hydrogen-bond donors (Lipinski definition) is 0. The second-order valence-electron chi connectivity index (χ2n) is 10.9. The predicted molar refractivity (Wildman–Crippen MR) is 177 cm³/mol. The van der Waals surface area contributed by atoms with Crippen LogP contribution in [0.3, 0.4) is 0 Å². The molecule has 0 radical (unpaired) electrons. The van der Waals surface area contributed by atoms with Gasteiger partial charge in [-0.3, -0.25) is 0 Å². The fourth-order valence-corrected chi connectivity index (χ4v) is 6.15. The van der Waals surface area contributed by atoms with Crippen molar-refractivity contribution in [2.24, 2.45) is 0 Å². The zero-order valence-corrected chi connectivity index (χ0v) is 24.4. The van der Waals surface area contributed by atoms with E-state index in [0.717, 1.165) is 72.0 Å². The first kappa shape index (κ1) is 25.4. The Hall–Kier alpha value is -5.33. The van der Waals surface area contributed by atoms with Gasteiger partial charge in [-0.25, -0.2) is 15.0 Å². The predicted octanol–water partition coefficient (Wildman–Crippen LogP) is 9.47. The molecule has 0 bridgehead atoms. The van der Waals surface area contributed by atoms with Gasteiger partial charge in [0.15, 0.2) is 5.82 Å². The van der Waals surface area contributed by atoms with E-state index in [1.807, 2.05) is 18.2 Å². The molecule has 0 fully saturated rings. The fourth-order valence-electron chi connectivity index (χ4n) is 5.60. The molecule has 5 nitrogen and oxygen atoms in total. The molecule has 0 aliphatic heterocycles. The van der Waals surface area contributed by atoms with Gasteiger partial charge in [0.2, 0.25) is 0 Å². The number of fused-ring (bicyclic) bond motifs is 5. The number of benzene rings is 5. The Morgan fingerprint density at radius 1 is 0.488 bits per heavy atom. The van der Waals surface area contributed by atoms with Gasteiger partial charge in [0.05, 0.1) is 34.3 Å². The highest BCUT2D eigenvalue weighted by atomic mass is 32.1. The van der Waals surface area contributed by atoms with Crippen LogP contribution in [0.4, 0.5) is 0 Å². The van der Waals surface area contributed by atoms with Crippen LogP contribution in [0.25, 0.3) is 77.9 Å². The van der Waals surface area contributed by atoms with Crippen LogP contribution in [0.5, 0.6) is 0 Å². The van der Waals surface area contributed by atoms with Crippen LogP contribution in [-0.4, -0.2) is 23.7 Å². The second-order valence-corrected chi connectivity index (χ2v) is 11.4. The quantitative estimate of drug-likeness (QED) is 0.197. The first-order chi connectivity index (χ1) is 21.1. The van der Waals surface area contributed by atoms with Crippen LogP contribution in [-0.2, 0) is 0 Å². The van der Waals surface area contributed by atoms with E-state index in [0.29, 0.717) is 5.82 Å². The highest BCUT2D eigenvalue weighted by molar-refractivity contribution is 7.00. The third-order valence-corrected chi connectivity index (χ3v) is 8.47. The molecule has 5 aromatic carbocycles. The van der Waals surface area contributed by atoms with Gasteiger partial charge in [0, 0.05) is 38.4 Å². The molecule has 8 aromatic rings.